The first-order valence-corrected chi connectivity index (χ1v) is 8.04. The largest absolute Gasteiger partial charge is 0.501 e. The van der Waals surface area contributed by atoms with E-state index in [0.717, 1.165) is 31.6 Å². The number of para-hydroxylation sites is 1. The molecule has 0 radical (unpaired) electrons. The molecule has 0 N–H and O–H groups in total. The zero-order chi connectivity index (χ0) is 16.2. The summed E-state index contributed by atoms with van der Waals surface area (Å²) in [5, 5.41) is 0. The summed E-state index contributed by atoms with van der Waals surface area (Å²) in [6.45, 7) is 9.19. The molecule has 1 aromatic rings. The van der Waals surface area contributed by atoms with E-state index in [-0.39, 0.29) is 0 Å². The van der Waals surface area contributed by atoms with Crippen LogP contribution in [0, 0.1) is 0 Å². The van der Waals surface area contributed by atoms with E-state index in [9.17, 15) is 0 Å². The number of allylic oxidation sites excluding steroid dienone is 3. The van der Waals surface area contributed by atoms with Crippen molar-refractivity contribution in [3.05, 3.63) is 66.6 Å². The molecule has 0 bridgehead atoms. The molecule has 0 unspecified atom stereocenters. The van der Waals surface area contributed by atoms with Crippen LogP contribution in [-0.2, 0) is 4.74 Å². The SMILES string of the molecule is C=C(C)CCN(/C=C/C=C(\CCCC)OC)c1ccccc1. The Morgan fingerprint density at radius 3 is 2.55 bits per heavy atom. The third-order valence-corrected chi connectivity index (χ3v) is 3.45. The predicted octanol–water partition coefficient (Wildman–Crippen LogP) is 5.69. The van der Waals surface area contributed by atoms with E-state index in [1.807, 2.05) is 6.07 Å². The molecule has 0 fully saturated rings. The van der Waals surface area contributed by atoms with Crippen molar-refractivity contribution in [3.8, 4) is 0 Å². The molecule has 0 spiro atoms. The lowest BCUT2D eigenvalue weighted by Gasteiger charge is -2.20. The summed E-state index contributed by atoms with van der Waals surface area (Å²) in [6.07, 6.45) is 10.6. The van der Waals surface area contributed by atoms with Crippen LogP contribution in [0.4, 0.5) is 5.69 Å². The van der Waals surface area contributed by atoms with Gasteiger partial charge in [-0.2, -0.15) is 0 Å². The van der Waals surface area contributed by atoms with Crippen LogP contribution in [0.15, 0.2) is 66.6 Å². The Balaban J connectivity index is 2.76. The predicted molar refractivity (Wildman–Crippen MR) is 97.0 cm³/mol. The van der Waals surface area contributed by atoms with Gasteiger partial charge in [0.2, 0.25) is 0 Å². The molecule has 0 aliphatic heterocycles. The maximum Gasteiger partial charge on any atom is 0.0955 e. The molecule has 0 atom stereocenters. The van der Waals surface area contributed by atoms with Gasteiger partial charge in [-0.1, -0.05) is 37.1 Å². The molecule has 0 aromatic heterocycles. The number of rotatable bonds is 10. The van der Waals surface area contributed by atoms with Crippen LogP contribution in [0.5, 0.6) is 0 Å². The summed E-state index contributed by atoms with van der Waals surface area (Å²) in [5.74, 6) is 1.03. The van der Waals surface area contributed by atoms with Crippen LogP contribution in [0.1, 0.15) is 39.5 Å². The molecule has 0 aliphatic rings. The Bertz CT molecular complexity index is 488. The van der Waals surface area contributed by atoms with Gasteiger partial charge in [-0.05, 0) is 44.1 Å². The molecule has 0 heterocycles. The van der Waals surface area contributed by atoms with Gasteiger partial charge in [-0.3, -0.25) is 0 Å². The fourth-order valence-electron chi connectivity index (χ4n) is 2.08. The van der Waals surface area contributed by atoms with Crippen molar-refractivity contribution in [1.29, 1.82) is 0 Å². The number of ether oxygens (including phenoxy) is 1. The maximum atomic E-state index is 5.42. The van der Waals surface area contributed by atoms with Gasteiger partial charge in [0.15, 0.2) is 0 Å². The highest BCUT2D eigenvalue weighted by molar-refractivity contribution is 5.49. The highest BCUT2D eigenvalue weighted by Gasteiger charge is 2.02. The second-order valence-corrected chi connectivity index (χ2v) is 5.52. The number of hydrogen-bond acceptors (Lipinski definition) is 2. The average Bonchev–Trinajstić information content (AvgIpc) is 2.54. The minimum absolute atomic E-state index is 0.932. The highest BCUT2D eigenvalue weighted by Crippen LogP contribution is 2.16. The number of methoxy groups -OCH3 is 1. The topological polar surface area (TPSA) is 12.5 Å². The van der Waals surface area contributed by atoms with Crippen LogP contribution in [0.3, 0.4) is 0 Å². The van der Waals surface area contributed by atoms with Crippen LogP contribution in [0.25, 0.3) is 0 Å². The van der Waals surface area contributed by atoms with Gasteiger partial charge in [-0.25, -0.2) is 0 Å². The third kappa shape index (κ3) is 7.16. The molecule has 1 rings (SSSR count). The molecule has 22 heavy (non-hydrogen) atoms. The van der Waals surface area contributed by atoms with Gasteiger partial charge < -0.3 is 9.64 Å². The van der Waals surface area contributed by atoms with Crippen LogP contribution >= 0.6 is 0 Å². The zero-order valence-corrected chi connectivity index (χ0v) is 14.2. The van der Waals surface area contributed by atoms with Crippen molar-refractivity contribution in [2.75, 3.05) is 18.6 Å². The van der Waals surface area contributed by atoms with Gasteiger partial charge in [-0.15, -0.1) is 6.58 Å². The Kier molecular flexibility index (Phi) is 8.82. The van der Waals surface area contributed by atoms with Crippen LogP contribution < -0.4 is 4.90 Å². The molecular formula is C20H29NO. The summed E-state index contributed by atoms with van der Waals surface area (Å²) in [6, 6.07) is 10.4. The average molecular weight is 299 g/mol. The van der Waals surface area contributed by atoms with Crippen molar-refractivity contribution in [3.63, 3.8) is 0 Å². The van der Waals surface area contributed by atoms with Crippen molar-refractivity contribution in [1.82, 2.24) is 0 Å². The van der Waals surface area contributed by atoms with Gasteiger partial charge in [0.05, 0.1) is 12.9 Å². The summed E-state index contributed by atoms with van der Waals surface area (Å²) in [7, 11) is 1.74. The first-order valence-electron chi connectivity index (χ1n) is 8.04. The van der Waals surface area contributed by atoms with Gasteiger partial charge in [0.1, 0.15) is 0 Å². The second kappa shape index (κ2) is 10.7. The molecule has 0 amide bonds. The molecule has 0 saturated heterocycles. The Morgan fingerprint density at radius 1 is 1.23 bits per heavy atom. The summed E-state index contributed by atoms with van der Waals surface area (Å²) >= 11 is 0. The highest BCUT2D eigenvalue weighted by atomic mass is 16.5. The first-order chi connectivity index (χ1) is 10.7. The molecule has 0 aliphatic carbocycles. The second-order valence-electron chi connectivity index (χ2n) is 5.52. The van der Waals surface area contributed by atoms with E-state index in [4.69, 9.17) is 4.74 Å². The van der Waals surface area contributed by atoms with Crippen LogP contribution in [0.2, 0.25) is 0 Å². The molecule has 0 saturated carbocycles. The Hall–Kier alpha value is -1.96. The molecule has 2 nitrogen and oxygen atoms in total. The first kappa shape index (κ1) is 18.1. The van der Waals surface area contributed by atoms with Crippen molar-refractivity contribution < 1.29 is 4.74 Å². The lowest BCUT2D eigenvalue weighted by molar-refractivity contribution is 0.275. The standard InChI is InChI=1S/C20H29NO/c1-5-6-13-20(22-4)14-10-16-21(17-15-18(2)3)19-11-8-7-9-12-19/h7-12,14,16H,2,5-6,13,15,17H2,1,3-4H3/b16-10+,20-14+. The van der Waals surface area contributed by atoms with Crippen molar-refractivity contribution in [2.24, 2.45) is 0 Å². The number of unbranched alkanes of at least 4 members (excludes halogenated alkanes) is 1. The minimum atomic E-state index is 0.932. The lowest BCUT2D eigenvalue weighted by atomic mass is 10.2. The van der Waals surface area contributed by atoms with E-state index in [1.54, 1.807) is 7.11 Å². The molecular weight excluding hydrogens is 270 g/mol. The van der Waals surface area contributed by atoms with E-state index in [2.05, 4.69) is 67.9 Å². The summed E-state index contributed by atoms with van der Waals surface area (Å²) in [5.41, 5.74) is 2.39. The van der Waals surface area contributed by atoms with Gasteiger partial charge in [0.25, 0.3) is 0 Å². The molecule has 120 valence electrons. The number of hydrogen-bond donors (Lipinski definition) is 0. The summed E-state index contributed by atoms with van der Waals surface area (Å²) < 4.78 is 5.42. The summed E-state index contributed by atoms with van der Waals surface area (Å²) in [4.78, 5) is 2.25. The Labute approximate surface area is 135 Å². The van der Waals surface area contributed by atoms with Crippen molar-refractivity contribution >= 4 is 5.69 Å². The third-order valence-electron chi connectivity index (χ3n) is 3.45. The molecule has 2 heteroatoms. The van der Waals surface area contributed by atoms with Gasteiger partial charge >= 0.3 is 0 Å². The van der Waals surface area contributed by atoms with E-state index in [1.165, 1.54) is 17.7 Å². The number of benzene rings is 1. The smallest absolute Gasteiger partial charge is 0.0955 e. The molecule has 1 aromatic carbocycles. The fourth-order valence-corrected chi connectivity index (χ4v) is 2.08. The van der Waals surface area contributed by atoms with Crippen LogP contribution in [-0.4, -0.2) is 13.7 Å². The maximum absolute atomic E-state index is 5.42. The van der Waals surface area contributed by atoms with Gasteiger partial charge in [0, 0.05) is 24.9 Å². The zero-order valence-electron chi connectivity index (χ0n) is 14.2. The number of anilines is 1. The monoisotopic (exact) mass is 299 g/mol. The lowest BCUT2D eigenvalue weighted by Crippen LogP contribution is -2.17. The Morgan fingerprint density at radius 2 is 1.95 bits per heavy atom. The van der Waals surface area contributed by atoms with E-state index < -0.39 is 0 Å². The minimum Gasteiger partial charge on any atom is -0.501 e. The normalized spacial score (nSPS) is 11.7. The number of nitrogens with zero attached hydrogens (tertiary/aromatic N) is 1. The van der Waals surface area contributed by atoms with E-state index in [0.29, 0.717) is 0 Å². The fraction of sp³-hybridized carbons (Fsp3) is 0.400. The quantitative estimate of drug-likeness (QED) is 0.312. The van der Waals surface area contributed by atoms with E-state index >= 15 is 0 Å². The van der Waals surface area contributed by atoms with Crippen molar-refractivity contribution in [2.45, 2.75) is 39.5 Å².